The lowest BCUT2D eigenvalue weighted by Gasteiger charge is -2.41. The zero-order chi connectivity index (χ0) is 12.5. The number of halogens is 1. The average Bonchev–Trinajstić information content (AvgIpc) is 2.33. The van der Waals surface area contributed by atoms with Crippen LogP contribution in [0.15, 0.2) is 18.2 Å². The normalized spacial score (nSPS) is 29.3. The predicted molar refractivity (Wildman–Crippen MR) is 69.3 cm³/mol. The molecule has 0 saturated heterocycles. The molecule has 0 bridgehead atoms. The van der Waals surface area contributed by atoms with Crippen LogP contribution in [0.5, 0.6) is 0 Å². The van der Waals surface area contributed by atoms with E-state index in [1.165, 1.54) is 6.42 Å². The van der Waals surface area contributed by atoms with Gasteiger partial charge in [-0.1, -0.05) is 43.9 Å². The maximum absolute atomic E-state index is 14.0. The topological polar surface area (TPSA) is 26.0 Å². The van der Waals surface area contributed by atoms with Crippen molar-refractivity contribution in [3.05, 3.63) is 35.1 Å². The van der Waals surface area contributed by atoms with Gasteiger partial charge < -0.3 is 5.73 Å². The van der Waals surface area contributed by atoms with Crippen molar-refractivity contribution in [2.75, 3.05) is 0 Å². The Morgan fingerprint density at radius 2 is 2.18 bits per heavy atom. The third-order valence-corrected chi connectivity index (χ3v) is 4.24. The third kappa shape index (κ3) is 2.23. The zero-order valence-electron chi connectivity index (χ0n) is 10.8. The van der Waals surface area contributed by atoms with Gasteiger partial charge in [0.2, 0.25) is 0 Å². The van der Waals surface area contributed by atoms with Crippen molar-refractivity contribution in [3.63, 3.8) is 0 Å². The van der Waals surface area contributed by atoms with Crippen molar-refractivity contribution in [3.8, 4) is 0 Å². The van der Waals surface area contributed by atoms with E-state index in [9.17, 15) is 4.39 Å². The van der Waals surface area contributed by atoms with E-state index in [0.29, 0.717) is 5.92 Å². The Balaban J connectivity index is 2.44. The maximum atomic E-state index is 14.0. The largest absolute Gasteiger partial charge is 0.321 e. The summed E-state index contributed by atoms with van der Waals surface area (Å²) in [6, 6.07) is 5.30. The van der Waals surface area contributed by atoms with Gasteiger partial charge in [-0.25, -0.2) is 4.39 Å². The Hall–Kier alpha value is -0.890. The van der Waals surface area contributed by atoms with Gasteiger partial charge in [-0.05, 0) is 31.7 Å². The van der Waals surface area contributed by atoms with E-state index < -0.39 is 5.54 Å². The molecule has 2 unspecified atom stereocenters. The lowest BCUT2D eigenvalue weighted by Crippen LogP contribution is -2.46. The highest BCUT2D eigenvalue weighted by atomic mass is 19.1. The Kier molecular flexibility index (Phi) is 3.53. The highest BCUT2D eigenvalue weighted by Crippen LogP contribution is 2.42. The van der Waals surface area contributed by atoms with Crippen LogP contribution in [0.2, 0.25) is 0 Å². The van der Waals surface area contributed by atoms with E-state index in [2.05, 4.69) is 6.92 Å². The number of hydrogen-bond acceptors (Lipinski definition) is 1. The molecule has 2 atom stereocenters. The van der Waals surface area contributed by atoms with E-state index in [1.54, 1.807) is 6.07 Å². The molecule has 0 amide bonds. The Morgan fingerprint density at radius 3 is 2.88 bits per heavy atom. The molecule has 1 aliphatic rings. The zero-order valence-corrected chi connectivity index (χ0v) is 10.8. The number of hydrogen-bond donors (Lipinski definition) is 1. The summed E-state index contributed by atoms with van der Waals surface area (Å²) in [6.07, 6.45) is 5.40. The summed E-state index contributed by atoms with van der Waals surface area (Å²) in [5.74, 6) is 0.269. The molecule has 1 aromatic rings. The second-order valence-electron chi connectivity index (χ2n) is 5.37. The van der Waals surface area contributed by atoms with Crippen molar-refractivity contribution in [1.29, 1.82) is 0 Å². The van der Waals surface area contributed by atoms with Gasteiger partial charge in [-0.3, -0.25) is 0 Å². The van der Waals surface area contributed by atoms with Crippen molar-refractivity contribution >= 4 is 0 Å². The molecule has 1 saturated carbocycles. The molecule has 0 spiro atoms. The highest BCUT2D eigenvalue weighted by Gasteiger charge is 2.39. The number of nitrogens with two attached hydrogens (primary N) is 1. The van der Waals surface area contributed by atoms with E-state index >= 15 is 0 Å². The van der Waals surface area contributed by atoms with Gasteiger partial charge >= 0.3 is 0 Å². The van der Waals surface area contributed by atoms with Gasteiger partial charge in [-0.15, -0.1) is 0 Å². The second kappa shape index (κ2) is 4.77. The fraction of sp³-hybridized carbons (Fsp3) is 0.600. The monoisotopic (exact) mass is 235 g/mol. The predicted octanol–water partition coefficient (Wildman–Crippen LogP) is 3.89. The van der Waals surface area contributed by atoms with Crippen molar-refractivity contribution in [2.45, 2.75) is 51.5 Å². The van der Waals surface area contributed by atoms with Crippen LogP contribution in [-0.4, -0.2) is 0 Å². The van der Waals surface area contributed by atoms with E-state index in [1.807, 2.05) is 19.1 Å². The van der Waals surface area contributed by atoms with Crippen LogP contribution in [0.25, 0.3) is 0 Å². The minimum Gasteiger partial charge on any atom is -0.321 e. The minimum atomic E-state index is -0.455. The standard InChI is InChI=1S/C15H22FN/c1-3-12-6-4-5-9-15(12,17)13-10-11(2)7-8-14(13)16/h7-8,10,12H,3-6,9,17H2,1-2H3. The Bertz CT molecular complexity index is 402. The minimum absolute atomic E-state index is 0.140. The third-order valence-electron chi connectivity index (χ3n) is 4.24. The van der Waals surface area contributed by atoms with Gasteiger partial charge in [0.05, 0.1) is 0 Å². The molecule has 94 valence electrons. The van der Waals surface area contributed by atoms with Crippen molar-refractivity contribution in [2.24, 2.45) is 11.7 Å². The van der Waals surface area contributed by atoms with E-state index in [0.717, 1.165) is 36.8 Å². The fourth-order valence-corrected chi connectivity index (χ4v) is 3.19. The summed E-state index contributed by atoms with van der Waals surface area (Å²) in [4.78, 5) is 0. The molecule has 1 nitrogen and oxygen atoms in total. The molecule has 1 aromatic carbocycles. The van der Waals surface area contributed by atoms with Gasteiger partial charge in [0.15, 0.2) is 0 Å². The molecule has 2 rings (SSSR count). The molecule has 2 heteroatoms. The first kappa shape index (κ1) is 12.6. The summed E-state index contributed by atoms with van der Waals surface area (Å²) in [6.45, 7) is 4.15. The summed E-state index contributed by atoms with van der Waals surface area (Å²) in [7, 11) is 0. The summed E-state index contributed by atoms with van der Waals surface area (Å²) < 4.78 is 14.0. The summed E-state index contributed by atoms with van der Waals surface area (Å²) >= 11 is 0. The Labute approximate surface area is 103 Å². The molecule has 0 heterocycles. The fourth-order valence-electron chi connectivity index (χ4n) is 3.19. The van der Waals surface area contributed by atoms with Crippen molar-refractivity contribution in [1.82, 2.24) is 0 Å². The average molecular weight is 235 g/mol. The molecule has 0 radical (unpaired) electrons. The molecular formula is C15H22FN. The first-order valence-electron chi connectivity index (χ1n) is 6.63. The molecule has 0 aliphatic heterocycles. The molecule has 17 heavy (non-hydrogen) atoms. The number of benzene rings is 1. The van der Waals surface area contributed by atoms with Crippen molar-refractivity contribution < 1.29 is 4.39 Å². The second-order valence-corrected chi connectivity index (χ2v) is 5.37. The van der Waals surface area contributed by atoms with Gasteiger partial charge in [-0.2, -0.15) is 0 Å². The van der Waals surface area contributed by atoms with Crippen LogP contribution in [0.1, 0.15) is 50.2 Å². The van der Waals surface area contributed by atoms with Gasteiger partial charge in [0, 0.05) is 11.1 Å². The number of aryl methyl sites for hydroxylation is 1. The first-order valence-corrected chi connectivity index (χ1v) is 6.63. The molecule has 1 aliphatic carbocycles. The summed E-state index contributed by atoms with van der Waals surface area (Å²) in [5, 5.41) is 0. The van der Waals surface area contributed by atoms with Crippen LogP contribution < -0.4 is 5.73 Å². The van der Waals surface area contributed by atoms with Gasteiger partial charge in [0.1, 0.15) is 5.82 Å². The van der Waals surface area contributed by atoms with Crippen LogP contribution in [0, 0.1) is 18.7 Å². The lowest BCUT2D eigenvalue weighted by atomic mass is 9.68. The van der Waals surface area contributed by atoms with Crippen LogP contribution in [-0.2, 0) is 5.54 Å². The summed E-state index contributed by atoms with van der Waals surface area (Å²) in [5.41, 5.74) is 7.93. The van der Waals surface area contributed by atoms with Gasteiger partial charge in [0.25, 0.3) is 0 Å². The Morgan fingerprint density at radius 1 is 1.41 bits per heavy atom. The molecule has 1 fully saturated rings. The van der Waals surface area contributed by atoms with Crippen LogP contribution >= 0.6 is 0 Å². The number of rotatable bonds is 2. The van der Waals surface area contributed by atoms with Crippen LogP contribution in [0.3, 0.4) is 0 Å². The first-order chi connectivity index (χ1) is 8.08. The molecule has 0 aromatic heterocycles. The highest BCUT2D eigenvalue weighted by molar-refractivity contribution is 5.31. The maximum Gasteiger partial charge on any atom is 0.128 e. The SMILES string of the molecule is CCC1CCCCC1(N)c1cc(C)ccc1F. The smallest absolute Gasteiger partial charge is 0.128 e. The quantitative estimate of drug-likeness (QED) is 0.827. The van der Waals surface area contributed by atoms with E-state index in [-0.39, 0.29) is 5.82 Å². The van der Waals surface area contributed by atoms with E-state index in [4.69, 9.17) is 5.73 Å². The molecule has 2 N–H and O–H groups in total. The molecular weight excluding hydrogens is 213 g/mol. The van der Waals surface area contributed by atoms with Crippen LogP contribution in [0.4, 0.5) is 4.39 Å². The lowest BCUT2D eigenvalue weighted by molar-refractivity contribution is 0.179.